The number of aromatic nitrogens is 1. The summed E-state index contributed by atoms with van der Waals surface area (Å²) in [4.78, 5) is 34.1. The molecular formula is C16H25N5O2. The molecule has 0 atom stereocenters. The smallest absolute Gasteiger partial charge is 0.312 e. The fourth-order valence-corrected chi connectivity index (χ4v) is 2.50. The number of hydrogen-bond donors (Lipinski definition) is 1. The molecule has 7 nitrogen and oxygen atoms in total. The molecule has 0 bridgehead atoms. The van der Waals surface area contributed by atoms with Crippen molar-refractivity contribution in [1.82, 2.24) is 20.1 Å². The first-order chi connectivity index (χ1) is 11.1. The van der Waals surface area contributed by atoms with Gasteiger partial charge in [0.2, 0.25) is 0 Å². The number of pyridine rings is 1. The molecule has 126 valence electrons. The summed E-state index contributed by atoms with van der Waals surface area (Å²) in [5.41, 5.74) is 0. The van der Waals surface area contributed by atoms with Crippen LogP contribution in [0.2, 0.25) is 0 Å². The number of amides is 2. The van der Waals surface area contributed by atoms with Crippen molar-refractivity contribution >= 4 is 17.6 Å². The van der Waals surface area contributed by atoms with Gasteiger partial charge < -0.3 is 20.0 Å². The number of hydrogen-bond acceptors (Lipinski definition) is 5. The number of nitrogens with one attached hydrogen (secondary N) is 1. The number of anilines is 1. The second kappa shape index (κ2) is 8.47. The monoisotopic (exact) mass is 319 g/mol. The minimum Gasteiger partial charge on any atom is -0.353 e. The molecule has 2 amide bonds. The van der Waals surface area contributed by atoms with Crippen molar-refractivity contribution in [1.29, 1.82) is 0 Å². The van der Waals surface area contributed by atoms with Crippen LogP contribution in [0.3, 0.4) is 0 Å². The molecule has 2 rings (SSSR count). The van der Waals surface area contributed by atoms with Gasteiger partial charge in [0.1, 0.15) is 5.82 Å². The van der Waals surface area contributed by atoms with Crippen LogP contribution in [0, 0.1) is 0 Å². The maximum atomic E-state index is 12.1. The Morgan fingerprint density at radius 3 is 2.57 bits per heavy atom. The molecule has 1 N–H and O–H groups in total. The molecule has 0 radical (unpaired) electrons. The van der Waals surface area contributed by atoms with Crippen molar-refractivity contribution in [3.63, 3.8) is 0 Å². The zero-order valence-electron chi connectivity index (χ0n) is 13.9. The van der Waals surface area contributed by atoms with E-state index in [1.165, 1.54) is 0 Å². The normalized spacial score (nSPS) is 14.9. The summed E-state index contributed by atoms with van der Waals surface area (Å²) in [5.74, 6) is -0.0293. The lowest BCUT2D eigenvalue weighted by atomic mass is 10.3. The molecule has 2 heterocycles. The Kier molecular flexibility index (Phi) is 6.34. The van der Waals surface area contributed by atoms with Gasteiger partial charge in [-0.25, -0.2) is 4.98 Å². The van der Waals surface area contributed by atoms with Crippen LogP contribution in [-0.4, -0.2) is 80.0 Å². The third-order valence-electron chi connectivity index (χ3n) is 3.80. The molecule has 0 aliphatic carbocycles. The van der Waals surface area contributed by atoms with Gasteiger partial charge in [-0.3, -0.25) is 9.59 Å². The second-order valence-electron chi connectivity index (χ2n) is 5.88. The predicted octanol–water partition coefficient (Wildman–Crippen LogP) is -0.202. The zero-order valence-corrected chi connectivity index (χ0v) is 13.9. The largest absolute Gasteiger partial charge is 0.353 e. The first-order valence-electron chi connectivity index (χ1n) is 7.96. The molecule has 0 unspecified atom stereocenters. The first kappa shape index (κ1) is 17.2. The van der Waals surface area contributed by atoms with Crippen molar-refractivity contribution in [2.75, 3.05) is 58.3 Å². The number of nitrogens with zero attached hydrogens (tertiary/aromatic N) is 4. The topological polar surface area (TPSA) is 68.8 Å². The molecule has 1 aromatic rings. The van der Waals surface area contributed by atoms with Crippen molar-refractivity contribution < 1.29 is 9.59 Å². The van der Waals surface area contributed by atoms with E-state index < -0.39 is 11.8 Å². The Hall–Kier alpha value is -2.15. The summed E-state index contributed by atoms with van der Waals surface area (Å²) < 4.78 is 0. The molecule has 1 fully saturated rings. The van der Waals surface area contributed by atoms with Gasteiger partial charge in [0.25, 0.3) is 0 Å². The van der Waals surface area contributed by atoms with E-state index in [1.54, 1.807) is 11.1 Å². The summed E-state index contributed by atoms with van der Waals surface area (Å²) in [5, 5.41) is 2.70. The van der Waals surface area contributed by atoms with Crippen molar-refractivity contribution in [3.05, 3.63) is 24.4 Å². The summed E-state index contributed by atoms with van der Waals surface area (Å²) in [7, 11) is 3.96. The van der Waals surface area contributed by atoms with E-state index in [-0.39, 0.29) is 0 Å². The molecule has 0 saturated carbocycles. The van der Waals surface area contributed by atoms with E-state index in [9.17, 15) is 9.59 Å². The third kappa shape index (κ3) is 5.21. The summed E-state index contributed by atoms with van der Waals surface area (Å²) in [6.45, 7) is 3.88. The lowest BCUT2D eigenvalue weighted by Gasteiger charge is -2.35. The Labute approximate surface area is 137 Å². The number of carbonyl (C=O) groups excluding carboxylic acids is 2. The average molecular weight is 319 g/mol. The highest BCUT2D eigenvalue weighted by molar-refractivity contribution is 6.35. The highest BCUT2D eigenvalue weighted by atomic mass is 16.2. The van der Waals surface area contributed by atoms with Gasteiger partial charge in [0.15, 0.2) is 0 Å². The standard InChI is InChI=1S/C16H25N5O2/c1-19(2)9-5-8-18-15(22)16(23)21-12-10-20(11-13-21)14-6-3-4-7-17-14/h3-4,6-7H,5,8-13H2,1-2H3,(H,18,22). The molecule has 1 aliphatic rings. The fraction of sp³-hybridized carbons (Fsp3) is 0.562. The molecule has 0 spiro atoms. The second-order valence-corrected chi connectivity index (χ2v) is 5.88. The molecular weight excluding hydrogens is 294 g/mol. The Balaban J connectivity index is 1.73. The van der Waals surface area contributed by atoms with Crippen molar-refractivity contribution in [2.24, 2.45) is 0 Å². The molecule has 1 aliphatic heterocycles. The molecule has 1 aromatic heterocycles. The average Bonchev–Trinajstić information content (AvgIpc) is 2.58. The predicted molar refractivity (Wildman–Crippen MR) is 89.2 cm³/mol. The minimum absolute atomic E-state index is 0.435. The van der Waals surface area contributed by atoms with E-state index in [1.807, 2.05) is 37.2 Å². The molecule has 7 heteroatoms. The van der Waals surface area contributed by atoms with Crippen LogP contribution in [0.15, 0.2) is 24.4 Å². The first-order valence-corrected chi connectivity index (χ1v) is 7.96. The summed E-state index contributed by atoms with van der Waals surface area (Å²) in [6, 6.07) is 5.78. The van der Waals surface area contributed by atoms with Gasteiger partial charge >= 0.3 is 11.8 Å². The quantitative estimate of drug-likeness (QED) is 0.601. The van der Waals surface area contributed by atoms with E-state index in [2.05, 4.69) is 15.2 Å². The van der Waals surface area contributed by atoms with E-state index in [0.29, 0.717) is 32.7 Å². The van der Waals surface area contributed by atoms with E-state index in [4.69, 9.17) is 0 Å². The van der Waals surface area contributed by atoms with Crippen LogP contribution >= 0.6 is 0 Å². The van der Waals surface area contributed by atoms with Crippen LogP contribution in [0.25, 0.3) is 0 Å². The van der Waals surface area contributed by atoms with E-state index >= 15 is 0 Å². The molecule has 23 heavy (non-hydrogen) atoms. The number of rotatable bonds is 5. The molecule has 1 saturated heterocycles. The number of piperazine rings is 1. The summed E-state index contributed by atoms with van der Waals surface area (Å²) >= 11 is 0. The Morgan fingerprint density at radius 1 is 1.22 bits per heavy atom. The van der Waals surface area contributed by atoms with Crippen LogP contribution in [0.1, 0.15) is 6.42 Å². The van der Waals surface area contributed by atoms with Crippen molar-refractivity contribution in [3.8, 4) is 0 Å². The third-order valence-corrected chi connectivity index (χ3v) is 3.80. The van der Waals surface area contributed by atoms with Gasteiger partial charge in [-0.15, -0.1) is 0 Å². The number of carbonyl (C=O) groups is 2. The van der Waals surface area contributed by atoms with Crippen LogP contribution in [-0.2, 0) is 9.59 Å². The SMILES string of the molecule is CN(C)CCCNC(=O)C(=O)N1CCN(c2ccccn2)CC1. The summed E-state index contributed by atoms with van der Waals surface area (Å²) in [6.07, 6.45) is 2.59. The maximum absolute atomic E-state index is 12.1. The Morgan fingerprint density at radius 2 is 1.96 bits per heavy atom. The lowest BCUT2D eigenvalue weighted by molar-refractivity contribution is -0.146. The highest BCUT2D eigenvalue weighted by Crippen LogP contribution is 2.12. The minimum atomic E-state index is -0.505. The maximum Gasteiger partial charge on any atom is 0.312 e. The van der Waals surface area contributed by atoms with Crippen molar-refractivity contribution in [2.45, 2.75) is 6.42 Å². The zero-order chi connectivity index (χ0) is 16.7. The van der Waals surface area contributed by atoms with E-state index in [0.717, 1.165) is 18.8 Å². The van der Waals surface area contributed by atoms with Gasteiger partial charge in [-0.05, 0) is 39.2 Å². The van der Waals surface area contributed by atoms with Gasteiger partial charge in [-0.1, -0.05) is 6.07 Å². The van der Waals surface area contributed by atoms with Crippen LogP contribution in [0.4, 0.5) is 5.82 Å². The highest BCUT2D eigenvalue weighted by Gasteiger charge is 2.26. The van der Waals surface area contributed by atoms with Gasteiger partial charge in [-0.2, -0.15) is 0 Å². The lowest BCUT2D eigenvalue weighted by Crippen LogP contribution is -2.53. The van der Waals surface area contributed by atoms with Crippen LogP contribution < -0.4 is 10.2 Å². The van der Waals surface area contributed by atoms with Gasteiger partial charge in [0, 0.05) is 38.9 Å². The van der Waals surface area contributed by atoms with Crippen LogP contribution in [0.5, 0.6) is 0 Å². The molecule has 0 aromatic carbocycles. The van der Waals surface area contributed by atoms with Gasteiger partial charge in [0.05, 0.1) is 0 Å². The fourth-order valence-electron chi connectivity index (χ4n) is 2.50. The Bertz CT molecular complexity index is 512.